The van der Waals surface area contributed by atoms with E-state index >= 15 is 0 Å². The Hall–Kier alpha value is -2.66. The van der Waals surface area contributed by atoms with Gasteiger partial charge in [0.2, 0.25) is 0 Å². The van der Waals surface area contributed by atoms with Crippen LogP contribution < -0.4 is 10.6 Å². The van der Waals surface area contributed by atoms with Gasteiger partial charge >= 0.3 is 6.09 Å². The molecule has 3 N–H and O–H groups in total. The van der Waals surface area contributed by atoms with Gasteiger partial charge in [0.25, 0.3) is 5.91 Å². The molecule has 2 aromatic rings. The largest absolute Gasteiger partial charge is 0.465 e. The number of hydrogen-bond donors (Lipinski definition) is 3. The van der Waals surface area contributed by atoms with Gasteiger partial charge in [-0.25, -0.2) is 14.8 Å². The number of nitrogens with zero attached hydrogens (tertiary/aromatic N) is 4. The summed E-state index contributed by atoms with van der Waals surface area (Å²) in [5, 5.41) is 16.1. The number of nitrogens with one attached hydrogen (secondary N) is 2. The third kappa shape index (κ3) is 7.44. The van der Waals surface area contributed by atoms with Crippen LogP contribution in [0.1, 0.15) is 63.2 Å². The van der Waals surface area contributed by atoms with Gasteiger partial charge < -0.3 is 29.9 Å². The van der Waals surface area contributed by atoms with Gasteiger partial charge in [0, 0.05) is 45.5 Å². The lowest BCUT2D eigenvalue weighted by Crippen LogP contribution is -2.56. The molecule has 3 heterocycles. The van der Waals surface area contributed by atoms with Crippen molar-refractivity contribution >= 4 is 37.1 Å². The summed E-state index contributed by atoms with van der Waals surface area (Å²) >= 11 is 0. The Labute approximate surface area is 221 Å². The molecule has 206 valence electrons. The first-order valence-corrected chi connectivity index (χ1v) is 17.2. The first kappa shape index (κ1) is 28.9. The van der Waals surface area contributed by atoms with Crippen molar-refractivity contribution in [1.29, 1.82) is 0 Å². The number of amides is 2. The molecule has 37 heavy (non-hydrogen) atoms. The summed E-state index contributed by atoms with van der Waals surface area (Å²) in [6, 6.07) is 1.12. The quantitative estimate of drug-likeness (QED) is 0.260. The van der Waals surface area contributed by atoms with Crippen LogP contribution in [-0.4, -0.2) is 75.9 Å². The molecule has 0 radical (unpaired) electrons. The standard InChI is InChI=1S/C26H44N6O4Si/c1-7-9-11-26(3)15-19(10-12-32(26)25(34)35)29-21-16-28-23-22(30-21)20(24(33)27-8-2)17-31(23)18-36-13-14-37(4,5)6/h16-17,19H,7-15,18H2,1-6H3,(H,27,33)(H,29,30)(H,34,35). The molecule has 0 spiro atoms. The van der Waals surface area contributed by atoms with Crippen LogP contribution in [0.2, 0.25) is 25.7 Å². The number of carboxylic acid groups (broad SMARTS) is 1. The van der Waals surface area contributed by atoms with Crippen LogP contribution in [0.5, 0.6) is 0 Å². The third-order valence-corrected chi connectivity index (χ3v) is 8.77. The fourth-order valence-electron chi connectivity index (χ4n) is 4.93. The first-order valence-electron chi connectivity index (χ1n) is 13.5. The van der Waals surface area contributed by atoms with Gasteiger partial charge in [-0.1, -0.05) is 39.4 Å². The summed E-state index contributed by atoms with van der Waals surface area (Å²) in [5.41, 5.74) is 1.17. The number of piperidine rings is 1. The van der Waals surface area contributed by atoms with Crippen LogP contribution in [0.4, 0.5) is 10.6 Å². The molecule has 0 bridgehead atoms. The van der Waals surface area contributed by atoms with Gasteiger partial charge in [-0.2, -0.15) is 0 Å². The number of carbonyl (C=O) groups is 2. The number of aromatic nitrogens is 3. The number of rotatable bonds is 12. The Morgan fingerprint density at radius 1 is 1.30 bits per heavy atom. The second-order valence-electron chi connectivity index (χ2n) is 11.5. The molecule has 2 aromatic heterocycles. The highest BCUT2D eigenvalue weighted by atomic mass is 28.3. The summed E-state index contributed by atoms with van der Waals surface area (Å²) < 4.78 is 7.76. The Morgan fingerprint density at radius 3 is 2.70 bits per heavy atom. The first-order chi connectivity index (χ1) is 17.5. The average molecular weight is 533 g/mol. The van der Waals surface area contributed by atoms with Crippen LogP contribution in [-0.2, 0) is 11.5 Å². The van der Waals surface area contributed by atoms with Crippen molar-refractivity contribution in [3.8, 4) is 0 Å². The molecule has 1 aliphatic rings. The minimum absolute atomic E-state index is 0.0594. The lowest BCUT2D eigenvalue weighted by molar-refractivity contribution is 0.0470. The summed E-state index contributed by atoms with van der Waals surface area (Å²) in [7, 11) is -1.20. The molecule has 2 amide bonds. The van der Waals surface area contributed by atoms with E-state index in [1.807, 2.05) is 18.4 Å². The minimum atomic E-state index is -1.20. The third-order valence-electron chi connectivity index (χ3n) is 7.06. The highest BCUT2D eigenvalue weighted by molar-refractivity contribution is 6.76. The Balaban J connectivity index is 1.81. The molecule has 1 fully saturated rings. The maximum absolute atomic E-state index is 12.8. The molecular weight excluding hydrogens is 488 g/mol. The zero-order valence-corrected chi connectivity index (χ0v) is 24.3. The van der Waals surface area contributed by atoms with Crippen LogP contribution in [0.25, 0.3) is 11.2 Å². The SMILES string of the molecule is CCCCC1(C)CC(Nc2cnc3c(n2)c(C(=O)NCC)cn3COCC[Si](C)(C)C)CCN1C(=O)O. The topological polar surface area (TPSA) is 122 Å². The molecule has 1 aliphatic heterocycles. The number of anilines is 1. The zero-order valence-electron chi connectivity index (χ0n) is 23.3. The molecule has 10 nitrogen and oxygen atoms in total. The lowest BCUT2D eigenvalue weighted by Gasteiger charge is -2.46. The van der Waals surface area contributed by atoms with E-state index in [1.165, 1.54) is 0 Å². The number of hydrogen-bond acceptors (Lipinski definition) is 6. The number of carbonyl (C=O) groups excluding carboxylic acids is 1. The van der Waals surface area contributed by atoms with Gasteiger partial charge in [-0.3, -0.25) is 4.79 Å². The Bertz CT molecular complexity index is 1080. The molecule has 1 saturated heterocycles. The fraction of sp³-hybridized carbons (Fsp3) is 0.692. The van der Waals surface area contributed by atoms with Crippen molar-refractivity contribution in [3.05, 3.63) is 18.0 Å². The van der Waals surface area contributed by atoms with Gasteiger partial charge in [0.1, 0.15) is 18.1 Å². The van der Waals surface area contributed by atoms with E-state index in [9.17, 15) is 14.7 Å². The van der Waals surface area contributed by atoms with E-state index in [0.29, 0.717) is 61.8 Å². The minimum Gasteiger partial charge on any atom is -0.465 e. The summed E-state index contributed by atoms with van der Waals surface area (Å²) in [5.74, 6) is 0.392. The van der Waals surface area contributed by atoms with E-state index in [0.717, 1.165) is 25.3 Å². The van der Waals surface area contributed by atoms with Crippen molar-refractivity contribution in [2.24, 2.45) is 0 Å². The van der Waals surface area contributed by atoms with Crippen LogP contribution in [0, 0.1) is 0 Å². The molecule has 0 saturated carbocycles. The van der Waals surface area contributed by atoms with Gasteiger partial charge in [0.05, 0.1) is 11.8 Å². The van der Waals surface area contributed by atoms with Crippen molar-refractivity contribution in [1.82, 2.24) is 24.8 Å². The highest BCUT2D eigenvalue weighted by Gasteiger charge is 2.41. The van der Waals surface area contributed by atoms with Crippen molar-refractivity contribution in [2.45, 2.75) is 96.9 Å². The molecule has 0 aliphatic carbocycles. The molecule has 3 rings (SSSR count). The second kappa shape index (κ2) is 12.3. The monoisotopic (exact) mass is 532 g/mol. The highest BCUT2D eigenvalue weighted by Crippen LogP contribution is 2.34. The fourth-order valence-corrected chi connectivity index (χ4v) is 5.69. The molecule has 0 aromatic carbocycles. The summed E-state index contributed by atoms with van der Waals surface area (Å²) in [4.78, 5) is 35.7. The normalized spacial score (nSPS) is 20.3. The average Bonchev–Trinajstić information content (AvgIpc) is 3.18. The van der Waals surface area contributed by atoms with Crippen LogP contribution in [0.3, 0.4) is 0 Å². The number of ether oxygens (including phenoxy) is 1. The predicted molar refractivity (Wildman–Crippen MR) is 149 cm³/mol. The van der Waals surface area contributed by atoms with E-state index in [2.05, 4.69) is 42.2 Å². The second-order valence-corrected chi connectivity index (χ2v) is 17.1. The zero-order chi connectivity index (χ0) is 27.2. The van der Waals surface area contributed by atoms with Gasteiger partial charge in [-0.05, 0) is 39.2 Å². The Kier molecular flexibility index (Phi) is 9.57. The maximum Gasteiger partial charge on any atom is 0.407 e. The van der Waals surface area contributed by atoms with Crippen LogP contribution in [0.15, 0.2) is 12.4 Å². The molecular formula is C26H44N6O4Si. The van der Waals surface area contributed by atoms with E-state index in [-0.39, 0.29) is 11.9 Å². The van der Waals surface area contributed by atoms with Crippen LogP contribution >= 0.6 is 0 Å². The van der Waals surface area contributed by atoms with Crippen molar-refractivity contribution in [3.63, 3.8) is 0 Å². The summed E-state index contributed by atoms with van der Waals surface area (Å²) in [6.45, 7) is 14.9. The number of fused-ring (bicyclic) bond motifs is 1. The van der Waals surface area contributed by atoms with E-state index < -0.39 is 19.7 Å². The van der Waals surface area contributed by atoms with Gasteiger partial charge in [0.15, 0.2) is 5.65 Å². The molecule has 2 atom stereocenters. The maximum atomic E-state index is 12.8. The summed E-state index contributed by atoms with van der Waals surface area (Å²) in [6.07, 6.45) is 6.78. The smallest absolute Gasteiger partial charge is 0.407 e. The van der Waals surface area contributed by atoms with Crippen molar-refractivity contribution in [2.75, 3.05) is 25.0 Å². The number of likely N-dealkylation sites (tertiary alicyclic amines) is 1. The van der Waals surface area contributed by atoms with E-state index in [4.69, 9.17) is 9.72 Å². The number of unbranched alkanes of at least 4 members (excludes halogenated alkanes) is 1. The van der Waals surface area contributed by atoms with E-state index in [1.54, 1.807) is 17.3 Å². The molecule has 11 heteroatoms. The van der Waals surface area contributed by atoms with Gasteiger partial charge in [-0.15, -0.1) is 0 Å². The van der Waals surface area contributed by atoms with Crippen molar-refractivity contribution < 1.29 is 19.4 Å². The predicted octanol–water partition coefficient (Wildman–Crippen LogP) is 5.00. The molecule has 2 unspecified atom stereocenters. The lowest BCUT2D eigenvalue weighted by atomic mass is 9.81. The Morgan fingerprint density at radius 2 is 2.05 bits per heavy atom.